The van der Waals surface area contributed by atoms with Gasteiger partial charge in [-0.2, -0.15) is 0 Å². The monoisotopic (exact) mass is 252 g/mol. The van der Waals surface area contributed by atoms with E-state index in [4.69, 9.17) is 0 Å². The number of nitrogens with one attached hydrogen (secondary N) is 1. The molecule has 0 radical (unpaired) electrons. The first kappa shape index (κ1) is 14.3. The Hall–Kier alpha value is -0.0800. The highest BCUT2D eigenvalue weighted by Gasteiger charge is 2.41. The van der Waals surface area contributed by atoms with E-state index in [1.807, 2.05) is 0 Å². The first-order chi connectivity index (χ1) is 8.76. The van der Waals surface area contributed by atoms with Crippen molar-refractivity contribution in [1.29, 1.82) is 0 Å². The van der Waals surface area contributed by atoms with Crippen LogP contribution in [0.5, 0.6) is 0 Å². The second-order valence-electron chi connectivity index (χ2n) is 6.37. The quantitative estimate of drug-likeness (QED) is 0.712. The molecular formula is C16H32N2. The van der Waals surface area contributed by atoms with Crippen LogP contribution in [0.4, 0.5) is 0 Å². The van der Waals surface area contributed by atoms with Crippen LogP contribution in [0, 0.1) is 5.92 Å². The van der Waals surface area contributed by atoms with Crippen LogP contribution in [-0.4, -0.2) is 36.6 Å². The average Bonchev–Trinajstić information content (AvgIpc) is 3.07. The zero-order chi connectivity index (χ0) is 13.0. The molecule has 0 aromatic carbocycles. The summed E-state index contributed by atoms with van der Waals surface area (Å²) in [7, 11) is 2.17. The van der Waals surface area contributed by atoms with Gasteiger partial charge in [0.2, 0.25) is 0 Å². The Labute approximate surface area is 114 Å². The number of hydrogen-bond acceptors (Lipinski definition) is 2. The number of likely N-dealkylation sites (N-methyl/N-ethyl adjacent to an activating group) is 1. The molecule has 2 fully saturated rings. The molecule has 0 aromatic rings. The fourth-order valence-electron chi connectivity index (χ4n) is 4.06. The van der Waals surface area contributed by atoms with Crippen LogP contribution in [0.2, 0.25) is 0 Å². The van der Waals surface area contributed by atoms with Gasteiger partial charge in [0, 0.05) is 11.6 Å². The van der Waals surface area contributed by atoms with Crippen molar-refractivity contribution in [3.05, 3.63) is 0 Å². The van der Waals surface area contributed by atoms with E-state index in [0.29, 0.717) is 11.6 Å². The molecule has 1 saturated heterocycles. The van der Waals surface area contributed by atoms with Gasteiger partial charge >= 0.3 is 0 Å². The van der Waals surface area contributed by atoms with Crippen LogP contribution < -0.4 is 5.32 Å². The van der Waals surface area contributed by atoms with Gasteiger partial charge in [-0.25, -0.2) is 0 Å². The number of likely N-dealkylation sites (tertiary alicyclic amines) is 1. The summed E-state index contributed by atoms with van der Waals surface area (Å²) < 4.78 is 0. The van der Waals surface area contributed by atoms with Crippen LogP contribution in [-0.2, 0) is 0 Å². The molecule has 1 aliphatic heterocycles. The predicted octanol–water partition coefficient (Wildman–Crippen LogP) is 3.42. The van der Waals surface area contributed by atoms with Crippen LogP contribution in [0.3, 0.4) is 0 Å². The molecular weight excluding hydrogens is 220 g/mol. The van der Waals surface area contributed by atoms with E-state index in [-0.39, 0.29) is 0 Å². The summed E-state index contributed by atoms with van der Waals surface area (Å²) >= 11 is 0. The van der Waals surface area contributed by atoms with E-state index in [0.717, 1.165) is 5.92 Å². The standard InChI is InChI=1S/C16H32N2/c1-4-16(5-2,18-12-6-7-13-18)15(17-3)11-10-14-8-9-14/h14-15,17H,4-13H2,1-3H3. The maximum Gasteiger partial charge on any atom is 0.0357 e. The van der Waals surface area contributed by atoms with Crippen molar-refractivity contribution in [2.24, 2.45) is 5.92 Å². The maximum absolute atomic E-state index is 3.66. The first-order valence-electron chi connectivity index (χ1n) is 8.19. The van der Waals surface area contributed by atoms with Gasteiger partial charge in [-0.05, 0) is 64.6 Å². The van der Waals surface area contributed by atoms with Crippen molar-refractivity contribution in [3.8, 4) is 0 Å². The van der Waals surface area contributed by atoms with Gasteiger partial charge in [-0.15, -0.1) is 0 Å². The second-order valence-corrected chi connectivity index (χ2v) is 6.37. The summed E-state index contributed by atoms with van der Waals surface area (Å²) in [4.78, 5) is 2.79. The molecule has 1 heterocycles. The van der Waals surface area contributed by atoms with E-state index >= 15 is 0 Å². The smallest absolute Gasteiger partial charge is 0.0357 e. The fourth-order valence-corrected chi connectivity index (χ4v) is 4.06. The van der Waals surface area contributed by atoms with E-state index in [1.165, 1.54) is 64.5 Å². The van der Waals surface area contributed by atoms with Crippen molar-refractivity contribution < 1.29 is 0 Å². The lowest BCUT2D eigenvalue weighted by Crippen LogP contribution is -2.59. The van der Waals surface area contributed by atoms with Crippen molar-refractivity contribution in [1.82, 2.24) is 10.2 Å². The summed E-state index contributed by atoms with van der Waals surface area (Å²) in [6.07, 6.45) is 11.2. The summed E-state index contributed by atoms with van der Waals surface area (Å²) in [6.45, 7) is 7.43. The van der Waals surface area contributed by atoms with Crippen molar-refractivity contribution >= 4 is 0 Å². The van der Waals surface area contributed by atoms with E-state index in [9.17, 15) is 0 Å². The zero-order valence-electron chi connectivity index (χ0n) is 12.7. The van der Waals surface area contributed by atoms with Crippen LogP contribution in [0.25, 0.3) is 0 Å². The number of nitrogens with zero attached hydrogens (tertiary/aromatic N) is 1. The minimum absolute atomic E-state index is 0.417. The summed E-state index contributed by atoms with van der Waals surface area (Å²) in [6, 6.07) is 0.686. The molecule has 2 nitrogen and oxygen atoms in total. The van der Waals surface area contributed by atoms with Gasteiger partial charge < -0.3 is 5.32 Å². The topological polar surface area (TPSA) is 15.3 Å². The normalized spacial score (nSPS) is 23.5. The molecule has 2 heteroatoms. The predicted molar refractivity (Wildman–Crippen MR) is 78.9 cm³/mol. The molecule has 0 aromatic heterocycles. The molecule has 106 valence electrons. The molecule has 0 bridgehead atoms. The number of hydrogen-bond donors (Lipinski definition) is 1. The molecule has 1 N–H and O–H groups in total. The lowest BCUT2D eigenvalue weighted by molar-refractivity contribution is 0.0602. The highest BCUT2D eigenvalue weighted by atomic mass is 15.2. The third kappa shape index (κ3) is 2.91. The zero-order valence-corrected chi connectivity index (χ0v) is 12.7. The molecule has 0 spiro atoms. The molecule has 2 rings (SSSR count). The highest BCUT2D eigenvalue weighted by Crippen LogP contribution is 2.38. The van der Waals surface area contributed by atoms with Gasteiger partial charge in [0.15, 0.2) is 0 Å². The third-order valence-electron chi connectivity index (χ3n) is 5.52. The van der Waals surface area contributed by atoms with Crippen LogP contribution in [0.1, 0.15) is 65.2 Å². The lowest BCUT2D eigenvalue weighted by Gasteiger charge is -2.47. The third-order valence-corrected chi connectivity index (χ3v) is 5.52. The Bertz CT molecular complexity index is 237. The van der Waals surface area contributed by atoms with Crippen molar-refractivity contribution in [2.45, 2.75) is 76.8 Å². The van der Waals surface area contributed by atoms with Gasteiger partial charge in [-0.1, -0.05) is 26.7 Å². The maximum atomic E-state index is 3.66. The highest BCUT2D eigenvalue weighted by molar-refractivity contribution is 5.00. The minimum Gasteiger partial charge on any atom is -0.315 e. The van der Waals surface area contributed by atoms with Gasteiger partial charge in [0.05, 0.1) is 0 Å². The van der Waals surface area contributed by atoms with Gasteiger partial charge in [0.1, 0.15) is 0 Å². The second kappa shape index (κ2) is 6.38. The summed E-state index contributed by atoms with van der Waals surface area (Å²) in [5.41, 5.74) is 0.417. The van der Waals surface area contributed by atoms with Gasteiger partial charge in [0.25, 0.3) is 0 Å². The Morgan fingerprint density at radius 1 is 1.17 bits per heavy atom. The summed E-state index contributed by atoms with van der Waals surface area (Å²) in [5, 5.41) is 3.66. The molecule has 1 atom stereocenters. The Morgan fingerprint density at radius 3 is 2.22 bits per heavy atom. The van der Waals surface area contributed by atoms with E-state index in [1.54, 1.807) is 0 Å². The average molecular weight is 252 g/mol. The molecule has 1 saturated carbocycles. The molecule has 0 amide bonds. The van der Waals surface area contributed by atoms with Crippen molar-refractivity contribution in [2.75, 3.05) is 20.1 Å². The summed E-state index contributed by atoms with van der Waals surface area (Å²) in [5.74, 6) is 1.06. The van der Waals surface area contributed by atoms with Gasteiger partial charge in [-0.3, -0.25) is 4.90 Å². The Morgan fingerprint density at radius 2 is 1.78 bits per heavy atom. The molecule has 18 heavy (non-hydrogen) atoms. The molecule has 2 aliphatic rings. The molecule has 1 aliphatic carbocycles. The lowest BCUT2D eigenvalue weighted by atomic mass is 9.80. The molecule has 1 unspecified atom stereocenters. The number of rotatable bonds is 8. The van der Waals surface area contributed by atoms with Crippen LogP contribution >= 0.6 is 0 Å². The largest absolute Gasteiger partial charge is 0.315 e. The Balaban J connectivity index is 2.03. The van der Waals surface area contributed by atoms with Crippen LogP contribution in [0.15, 0.2) is 0 Å². The SMILES string of the molecule is CCC(CC)(C(CCC1CC1)NC)N1CCCC1. The van der Waals surface area contributed by atoms with E-state index in [2.05, 4.69) is 31.1 Å². The fraction of sp³-hybridized carbons (Fsp3) is 1.00. The van der Waals surface area contributed by atoms with Crippen molar-refractivity contribution in [3.63, 3.8) is 0 Å². The van der Waals surface area contributed by atoms with E-state index < -0.39 is 0 Å². The first-order valence-corrected chi connectivity index (χ1v) is 8.19. The minimum atomic E-state index is 0.417. The Kier molecular flexibility index (Phi) is 5.08.